The van der Waals surface area contributed by atoms with Gasteiger partial charge in [0.25, 0.3) is 5.91 Å². The third-order valence-corrected chi connectivity index (χ3v) is 5.03. The van der Waals surface area contributed by atoms with Gasteiger partial charge in [-0.1, -0.05) is 18.2 Å². The van der Waals surface area contributed by atoms with E-state index in [0.717, 1.165) is 49.4 Å². The Hall–Kier alpha value is -2.40. The maximum atomic E-state index is 13.3. The van der Waals surface area contributed by atoms with Gasteiger partial charge in [-0.15, -0.1) is 0 Å². The number of hydrogen-bond donors (Lipinski definition) is 0. The molecule has 0 bridgehead atoms. The van der Waals surface area contributed by atoms with E-state index < -0.39 is 0 Å². The van der Waals surface area contributed by atoms with Gasteiger partial charge in [-0.05, 0) is 37.1 Å². The molecule has 1 atom stereocenters. The van der Waals surface area contributed by atoms with Gasteiger partial charge >= 0.3 is 0 Å². The molecule has 25 heavy (non-hydrogen) atoms. The zero-order valence-electron chi connectivity index (χ0n) is 14.3. The summed E-state index contributed by atoms with van der Waals surface area (Å²) in [7, 11) is 0. The molecule has 0 aliphatic carbocycles. The van der Waals surface area contributed by atoms with E-state index in [1.54, 1.807) is 6.20 Å². The number of carbonyl (C=O) groups excluding carboxylic acids is 1. The fourth-order valence-electron chi connectivity index (χ4n) is 3.78. The lowest BCUT2D eigenvalue weighted by atomic mass is 10.1. The molecule has 5 nitrogen and oxygen atoms in total. The minimum absolute atomic E-state index is 0.0754. The van der Waals surface area contributed by atoms with Gasteiger partial charge in [0.2, 0.25) is 0 Å². The van der Waals surface area contributed by atoms with Gasteiger partial charge in [-0.3, -0.25) is 9.78 Å². The number of benzene rings is 1. The summed E-state index contributed by atoms with van der Waals surface area (Å²) in [6, 6.07) is 13.9. The second-order valence-corrected chi connectivity index (χ2v) is 6.53. The number of para-hydroxylation sites is 1. The lowest BCUT2D eigenvalue weighted by Crippen LogP contribution is -2.38. The van der Waals surface area contributed by atoms with Gasteiger partial charge in [0.1, 0.15) is 0 Å². The molecule has 5 heteroatoms. The lowest BCUT2D eigenvalue weighted by molar-refractivity contribution is 0.0732. The third-order valence-electron chi connectivity index (χ3n) is 5.03. The van der Waals surface area contributed by atoms with Crippen molar-refractivity contribution in [2.75, 3.05) is 37.7 Å². The van der Waals surface area contributed by atoms with Crippen LogP contribution in [0.4, 0.5) is 5.69 Å². The largest absolute Gasteiger partial charge is 0.378 e. The molecule has 0 spiro atoms. The van der Waals surface area contributed by atoms with E-state index >= 15 is 0 Å². The first-order valence-electron chi connectivity index (χ1n) is 8.98. The standard InChI is InChI=1S/C20H23N3O2/c24-20(23-11-5-9-19(23)17-7-3-4-10-21-17)16-6-1-2-8-18(16)22-12-14-25-15-13-22/h1-4,6-8,10,19H,5,9,11-15H2/t19-/m1/s1. The number of pyridine rings is 1. The van der Waals surface area contributed by atoms with Crippen LogP contribution in [0.3, 0.4) is 0 Å². The molecule has 1 aromatic heterocycles. The fraction of sp³-hybridized carbons (Fsp3) is 0.400. The molecular formula is C20H23N3O2. The molecule has 0 radical (unpaired) electrons. The van der Waals surface area contributed by atoms with Crippen LogP contribution in [0.1, 0.15) is 34.9 Å². The van der Waals surface area contributed by atoms with E-state index in [1.807, 2.05) is 47.4 Å². The monoisotopic (exact) mass is 337 g/mol. The zero-order chi connectivity index (χ0) is 17.1. The van der Waals surface area contributed by atoms with Crippen molar-refractivity contribution in [2.24, 2.45) is 0 Å². The van der Waals surface area contributed by atoms with Crippen molar-refractivity contribution in [2.45, 2.75) is 18.9 Å². The Balaban J connectivity index is 1.62. The minimum Gasteiger partial charge on any atom is -0.378 e. The molecule has 4 rings (SSSR count). The molecule has 2 fully saturated rings. The molecule has 2 saturated heterocycles. The highest BCUT2D eigenvalue weighted by Gasteiger charge is 2.32. The maximum Gasteiger partial charge on any atom is 0.256 e. The quantitative estimate of drug-likeness (QED) is 0.864. The number of amides is 1. The highest BCUT2D eigenvalue weighted by atomic mass is 16.5. The van der Waals surface area contributed by atoms with E-state index in [0.29, 0.717) is 13.2 Å². The van der Waals surface area contributed by atoms with Crippen molar-refractivity contribution in [1.29, 1.82) is 0 Å². The fourth-order valence-corrected chi connectivity index (χ4v) is 3.78. The third kappa shape index (κ3) is 3.24. The molecule has 2 aliphatic heterocycles. The van der Waals surface area contributed by atoms with Crippen LogP contribution >= 0.6 is 0 Å². The Bertz CT molecular complexity index is 729. The first-order chi connectivity index (χ1) is 12.3. The van der Waals surface area contributed by atoms with Crippen molar-refractivity contribution in [1.82, 2.24) is 9.88 Å². The Morgan fingerprint density at radius 1 is 1.04 bits per heavy atom. The molecule has 3 heterocycles. The number of aromatic nitrogens is 1. The summed E-state index contributed by atoms with van der Waals surface area (Å²) < 4.78 is 5.45. The van der Waals surface area contributed by atoms with E-state index in [1.165, 1.54) is 0 Å². The van der Waals surface area contributed by atoms with Gasteiger partial charge < -0.3 is 14.5 Å². The Labute approximate surface area is 148 Å². The summed E-state index contributed by atoms with van der Waals surface area (Å²) in [5, 5.41) is 0. The summed E-state index contributed by atoms with van der Waals surface area (Å²) in [6.45, 7) is 3.87. The predicted octanol–water partition coefficient (Wildman–Crippen LogP) is 2.90. The predicted molar refractivity (Wildman–Crippen MR) is 96.7 cm³/mol. The SMILES string of the molecule is O=C(c1ccccc1N1CCOCC1)N1CCC[C@@H]1c1ccccn1. The van der Waals surface area contributed by atoms with Crippen LogP contribution < -0.4 is 4.90 Å². The molecule has 2 aromatic rings. The molecule has 0 unspecified atom stereocenters. The van der Waals surface area contributed by atoms with E-state index in [-0.39, 0.29) is 11.9 Å². The highest BCUT2D eigenvalue weighted by Crippen LogP contribution is 2.33. The van der Waals surface area contributed by atoms with Crippen LogP contribution in [0, 0.1) is 0 Å². The van der Waals surface area contributed by atoms with Crippen LogP contribution in [0.15, 0.2) is 48.7 Å². The van der Waals surface area contributed by atoms with Crippen molar-refractivity contribution < 1.29 is 9.53 Å². The number of anilines is 1. The van der Waals surface area contributed by atoms with Gasteiger partial charge in [0, 0.05) is 31.5 Å². The normalized spacial score (nSPS) is 20.7. The number of rotatable bonds is 3. The number of nitrogens with zero attached hydrogens (tertiary/aromatic N) is 3. The highest BCUT2D eigenvalue weighted by molar-refractivity contribution is 6.00. The number of likely N-dealkylation sites (tertiary alicyclic amines) is 1. The van der Waals surface area contributed by atoms with Gasteiger partial charge in [-0.2, -0.15) is 0 Å². The number of ether oxygens (including phenoxy) is 1. The number of morpholine rings is 1. The smallest absolute Gasteiger partial charge is 0.256 e. The molecule has 130 valence electrons. The summed E-state index contributed by atoms with van der Waals surface area (Å²) in [5.74, 6) is 0.107. The average Bonchev–Trinajstić information content (AvgIpc) is 3.19. The van der Waals surface area contributed by atoms with Crippen LogP contribution in [0.25, 0.3) is 0 Å². The summed E-state index contributed by atoms with van der Waals surface area (Å²) in [5.41, 5.74) is 2.78. The van der Waals surface area contributed by atoms with Crippen molar-refractivity contribution in [3.63, 3.8) is 0 Å². The van der Waals surface area contributed by atoms with Crippen molar-refractivity contribution >= 4 is 11.6 Å². The van der Waals surface area contributed by atoms with Crippen LogP contribution in [-0.2, 0) is 4.74 Å². The summed E-state index contributed by atoms with van der Waals surface area (Å²) in [6.07, 6.45) is 3.80. The van der Waals surface area contributed by atoms with Crippen molar-refractivity contribution in [3.8, 4) is 0 Å². The Morgan fingerprint density at radius 3 is 2.64 bits per heavy atom. The molecule has 1 amide bonds. The molecular weight excluding hydrogens is 314 g/mol. The molecule has 2 aliphatic rings. The van der Waals surface area contributed by atoms with Gasteiger partial charge in [0.05, 0.1) is 30.5 Å². The first kappa shape index (κ1) is 16.1. The molecule has 0 N–H and O–H groups in total. The van der Waals surface area contributed by atoms with Crippen LogP contribution in [0.5, 0.6) is 0 Å². The zero-order valence-corrected chi connectivity index (χ0v) is 14.3. The lowest BCUT2D eigenvalue weighted by Gasteiger charge is -2.32. The van der Waals surface area contributed by atoms with E-state index in [2.05, 4.69) is 9.88 Å². The Kier molecular flexibility index (Phi) is 4.65. The summed E-state index contributed by atoms with van der Waals surface area (Å²) >= 11 is 0. The topological polar surface area (TPSA) is 45.7 Å². The van der Waals surface area contributed by atoms with Crippen LogP contribution in [-0.4, -0.2) is 48.6 Å². The second kappa shape index (κ2) is 7.23. The maximum absolute atomic E-state index is 13.3. The van der Waals surface area contributed by atoms with E-state index in [9.17, 15) is 4.79 Å². The minimum atomic E-state index is 0.0754. The first-order valence-corrected chi connectivity index (χ1v) is 8.98. The van der Waals surface area contributed by atoms with Gasteiger partial charge in [0.15, 0.2) is 0 Å². The molecule has 0 saturated carbocycles. The summed E-state index contributed by atoms with van der Waals surface area (Å²) in [4.78, 5) is 22.1. The Morgan fingerprint density at radius 2 is 1.84 bits per heavy atom. The van der Waals surface area contributed by atoms with Gasteiger partial charge in [-0.25, -0.2) is 0 Å². The number of carbonyl (C=O) groups is 1. The number of hydrogen-bond acceptors (Lipinski definition) is 4. The van der Waals surface area contributed by atoms with Crippen LogP contribution in [0.2, 0.25) is 0 Å². The molecule has 1 aromatic carbocycles. The van der Waals surface area contributed by atoms with E-state index in [4.69, 9.17) is 4.74 Å². The second-order valence-electron chi connectivity index (χ2n) is 6.53. The van der Waals surface area contributed by atoms with Crippen molar-refractivity contribution in [3.05, 3.63) is 59.9 Å². The average molecular weight is 337 g/mol.